The molecule has 5 heteroatoms. The van der Waals surface area contributed by atoms with Crippen LogP contribution in [0.1, 0.15) is 27.0 Å². The fourth-order valence-electron chi connectivity index (χ4n) is 3.03. The fraction of sp³-hybridized carbons (Fsp3) is 0.130. The maximum absolute atomic E-state index is 12.6. The van der Waals surface area contributed by atoms with Gasteiger partial charge in [0.1, 0.15) is 5.52 Å². The van der Waals surface area contributed by atoms with E-state index in [2.05, 4.69) is 17.2 Å². The highest BCUT2D eigenvalue weighted by Gasteiger charge is 2.14. The molecule has 0 spiro atoms. The zero-order valence-corrected chi connectivity index (χ0v) is 16.6. The van der Waals surface area contributed by atoms with Gasteiger partial charge in [0.05, 0.1) is 10.6 Å². The van der Waals surface area contributed by atoms with Crippen LogP contribution >= 0.6 is 11.6 Å². The molecule has 0 radical (unpaired) electrons. The van der Waals surface area contributed by atoms with Crippen molar-refractivity contribution in [1.82, 2.24) is 4.98 Å². The van der Waals surface area contributed by atoms with Crippen molar-refractivity contribution in [2.45, 2.75) is 20.8 Å². The highest BCUT2D eigenvalue weighted by molar-refractivity contribution is 6.34. The third-order valence-corrected chi connectivity index (χ3v) is 5.18. The second-order valence-corrected chi connectivity index (χ2v) is 7.29. The van der Waals surface area contributed by atoms with Gasteiger partial charge in [0.25, 0.3) is 5.91 Å². The summed E-state index contributed by atoms with van der Waals surface area (Å²) in [5, 5.41) is 3.35. The van der Waals surface area contributed by atoms with Crippen LogP contribution in [0.3, 0.4) is 0 Å². The number of aryl methyl sites for hydroxylation is 3. The van der Waals surface area contributed by atoms with Crippen molar-refractivity contribution in [3.63, 3.8) is 0 Å². The average Bonchev–Trinajstić information content (AvgIpc) is 3.07. The Morgan fingerprint density at radius 2 is 1.71 bits per heavy atom. The summed E-state index contributed by atoms with van der Waals surface area (Å²) in [6.07, 6.45) is 0. The monoisotopic (exact) mass is 390 g/mol. The Hall–Kier alpha value is -3.11. The number of anilines is 1. The number of rotatable bonds is 3. The zero-order chi connectivity index (χ0) is 19.8. The number of aromatic nitrogens is 1. The largest absolute Gasteiger partial charge is 0.436 e. The number of hydrogen-bond acceptors (Lipinski definition) is 3. The Morgan fingerprint density at radius 1 is 0.964 bits per heavy atom. The highest BCUT2D eigenvalue weighted by atomic mass is 35.5. The van der Waals surface area contributed by atoms with Gasteiger partial charge in [0, 0.05) is 11.3 Å². The van der Waals surface area contributed by atoms with Gasteiger partial charge in [-0.2, -0.15) is 0 Å². The minimum Gasteiger partial charge on any atom is -0.436 e. The number of hydrogen-bond donors (Lipinski definition) is 1. The molecule has 0 aliphatic carbocycles. The molecule has 0 atom stereocenters. The molecule has 0 saturated heterocycles. The van der Waals surface area contributed by atoms with E-state index in [-0.39, 0.29) is 5.91 Å². The van der Waals surface area contributed by atoms with Gasteiger partial charge in [0.2, 0.25) is 5.89 Å². The van der Waals surface area contributed by atoms with Crippen LogP contribution in [0.15, 0.2) is 59.0 Å². The van der Waals surface area contributed by atoms with Gasteiger partial charge in [0.15, 0.2) is 5.58 Å². The molecule has 0 bridgehead atoms. The van der Waals surface area contributed by atoms with Gasteiger partial charge >= 0.3 is 0 Å². The molecule has 1 N–H and O–H groups in total. The topological polar surface area (TPSA) is 55.1 Å². The van der Waals surface area contributed by atoms with E-state index in [1.54, 1.807) is 24.3 Å². The Morgan fingerprint density at radius 3 is 2.50 bits per heavy atom. The predicted molar refractivity (Wildman–Crippen MR) is 113 cm³/mol. The van der Waals surface area contributed by atoms with E-state index in [1.807, 2.05) is 44.2 Å². The summed E-state index contributed by atoms with van der Waals surface area (Å²) in [7, 11) is 0. The number of amides is 1. The molecule has 4 rings (SSSR count). The van der Waals surface area contributed by atoms with Crippen molar-refractivity contribution < 1.29 is 9.21 Å². The average molecular weight is 391 g/mol. The SMILES string of the molecule is Cc1cc2nc(-c3ccc(C)c(NC(=O)c4ccccc4Cl)c3)oc2cc1C. The van der Waals surface area contributed by atoms with Crippen LogP contribution in [0.2, 0.25) is 5.02 Å². The summed E-state index contributed by atoms with van der Waals surface area (Å²) in [5.74, 6) is 0.267. The van der Waals surface area contributed by atoms with Gasteiger partial charge in [-0.15, -0.1) is 0 Å². The molecule has 1 heterocycles. The molecule has 140 valence electrons. The predicted octanol–water partition coefficient (Wildman–Crippen LogP) is 6.33. The summed E-state index contributed by atoms with van der Waals surface area (Å²) in [4.78, 5) is 17.2. The van der Waals surface area contributed by atoms with Crippen LogP contribution in [0.25, 0.3) is 22.6 Å². The number of fused-ring (bicyclic) bond motifs is 1. The molecule has 1 amide bonds. The fourth-order valence-corrected chi connectivity index (χ4v) is 3.25. The third kappa shape index (κ3) is 3.39. The second-order valence-electron chi connectivity index (χ2n) is 6.89. The van der Waals surface area contributed by atoms with Crippen molar-refractivity contribution in [2.24, 2.45) is 0 Å². The van der Waals surface area contributed by atoms with Gasteiger partial charge in [-0.25, -0.2) is 4.98 Å². The Kier molecular flexibility index (Phi) is 4.65. The normalized spacial score (nSPS) is 11.0. The van der Waals surface area contributed by atoms with E-state index < -0.39 is 0 Å². The van der Waals surface area contributed by atoms with Crippen molar-refractivity contribution in [1.29, 1.82) is 0 Å². The van der Waals surface area contributed by atoms with E-state index >= 15 is 0 Å². The number of oxazole rings is 1. The first kappa shape index (κ1) is 18.3. The second kappa shape index (κ2) is 7.13. The molecule has 1 aromatic heterocycles. The molecule has 0 saturated carbocycles. The van der Waals surface area contributed by atoms with Crippen LogP contribution in [0.5, 0.6) is 0 Å². The van der Waals surface area contributed by atoms with Crippen molar-refractivity contribution >= 4 is 34.3 Å². The molecule has 4 nitrogen and oxygen atoms in total. The van der Waals surface area contributed by atoms with Crippen LogP contribution in [0.4, 0.5) is 5.69 Å². The lowest BCUT2D eigenvalue weighted by molar-refractivity contribution is 0.102. The number of halogens is 1. The summed E-state index contributed by atoms with van der Waals surface area (Å²) >= 11 is 6.14. The molecular weight excluding hydrogens is 372 g/mol. The van der Waals surface area contributed by atoms with Crippen molar-refractivity contribution in [3.8, 4) is 11.5 Å². The van der Waals surface area contributed by atoms with Crippen LogP contribution in [-0.2, 0) is 0 Å². The Balaban J connectivity index is 1.69. The number of benzene rings is 3. The zero-order valence-electron chi connectivity index (χ0n) is 15.8. The van der Waals surface area contributed by atoms with Gasteiger partial charge in [-0.3, -0.25) is 4.79 Å². The van der Waals surface area contributed by atoms with Crippen molar-refractivity contribution in [2.75, 3.05) is 5.32 Å². The first-order chi connectivity index (χ1) is 13.4. The van der Waals surface area contributed by atoms with E-state index in [9.17, 15) is 4.79 Å². The first-order valence-corrected chi connectivity index (χ1v) is 9.35. The smallest absolute Gasteiger partial charge is 0.257 e. The molecule has 0 fully saturated rings. The number of nitrogens with one attached hydrogen (secondary N) is 1. The molecule has 0 aliphatic heterocycles. The lowest BCUT2D eigenvalue weighted by atomic mass is 10.1. The van der Waals surface area contributed by atoms with E-state index in [0.29, 0.717) is 22.2 Å². The molecule has 3 aromatic carbocycles. The summed E-state index contributed by atoms with van der Waals surface area (Å²) in [5.41, 5.74) is 6.76. The van der Waals surface area contributed by atoms with E-state index in [4.69, 9.17) is 16.0 Å². The minimum absolute atomic E-state index is 0.255. The third-order valence-electron chi connectivity index (χ3n) is 4.86. The van der Waals surface area contributed by atoms with Crippen LogP contribution in [-0.4, -0.2) is 10.9 Å². The van der Waals surface area contributed by atoms with E-state index in [0.717, 1.165) is 27.8 Å². The maximum atomic E-state index is 12.6. The lowest BCUT2D eigenvalue weighted by Gasteiger charge is -2.10. The Labute approximate surface area is 168 Å². The van der Waals surface area contributed by atoms with Gasteiger partial charge in [-0.05, 0) is 73.9 Å². The van der Waals surface area contributed by atoms with E-state index in [1.165, 1.54) is 5.56 Å². The number of nitrogens with zero attached hydrogens (tertiary/aromatic N) is 1. The molecule has 4 aromatic rings. The maximum Gasteiger partial charge on any atom is 0.257 e. The summed E-state index contributed by atoms with van der Waals surface area (Å²) in [6, 6.07) is 16.7. The van der Waals surface area contributed by atoms with Crippen molar-refractivity contribution in [3.05, 3.63) is 81.9 Å². The number of carbonyl (C=O) groups excluding carboxylic acids is 1. The molecule has 0 aliphatic rings. The summed E-state index contributed by atoms with van der Waals surface area (Å²) < 4.78 is 5.95. The molecule has 28 heavy (non-hydrogen) atoms. The summed E-state index contributed by atoms with van der Waals surface area (Å²) in [6.45, 7) is 6.04. The van der Waals surface area contributed by atoms with Gasteiger partial charge in [-0.1, -0.05) is 29.8 Å². The van der Waals surface area contributed by atoms with Gasteiger partial charge < -0.3 is 9.73 Å². The lowest BCUT2D eigenvalue weighted by Crippen LogP contribution is -2.13. The van der Waals surface area contributed by atoms with Crippen LogP contribution in [0, 0.1) is 20.8 Å². The minimum atomic E-state index is -0.255. The van der Waals surface area contributed by atoms with Crippen LogP contribution < -0.4 is 5.32 Å². The highest BCUT2D eigenvalue weighted by Crippen LogP contribution is 2.29. The number of carbonyl (C=O) groups is 1. The quantitative estimate of drug-likeness (QED) is 0.445. The standard InChI is InChI=1S/C23H19ClN2O2/c1-13-8-9-16(23-26-20-10-14(2)15(3)11-21(20)28-23)12-19(13)25-22(27)17-6-4-5-7-18(17)24/h4-12H,1-3H3,(H,25,27). The molecular formula is C23H19ClN2O2. The first-order valence-electron chi connectivity index (χ1n) is 8.97. The Bertz CT molecular complexity index is 1170. The molecule has 0 unspecified atom stereocenters.